The molecule has 0 unspecified atom stereocenters. The molecule has 1 aromatic carbocycles. The highest BCUT2D eigenvalue weighted by molar-refractivity contribution is 14.0. The average Bonchev–Trinajstić information content (AvgIpc) is 2.89. The van der Waals surface area contributed by atoms with Crippen molar-refractivity contribution in [3.63, 3.8) is 0 Å². The normalized spacial score (nSPS) is 12.0. The summed E-state index contributed by atoms with van der Waals surface area (Å²) in [4.78, 5) is 8.55. The van der Waals surface area contributed by atoms with Crippen molar-refractivity contribution >= 4 is 35.6 Å². The van der Waals surface area contributed by atoms with Gasteiger partial charge in [-0.1, -0.05) is 32.0 Å². The summed E-state index contributed by atoms with van der Waals surface area (Å²) in [6.07, 6.45) is 0. The van der Waals surface area contributed by atoms with Gasteiger partial charge in [0.2, 0.25) is 5.89 Å². The number of guanidine groups is 1. The van der Waals surface area contributed by atoms with Gasteiger partial charge in [-0.15, -0.1) is 24.0 Å². The van der Waals surface area contributed by atoms with Crippen molar-refractivity contribution in [2.75, 3.05) is 5.32 Å². The summed E-state index contributed by atoms with van der Waals surface area (Å²) in [6, 6.07) is 6.04. The molecule has 3 N–H and O–H groups in total. The maximum Gasteiger partial charge on any atom is 0.232 e. The second-order valence-corrected chi connectivity index (χ2v) is 6.39. The van der Waals surface area contributed by atoms with Crippen molar-refractivity contribution in [3.8, 4) is 0 Å². The van der Waals surface area contributed by atoms with Gasteiger partial charge in [-0.05, 0) is 37.1 Å². The minimum absolute atomic E-state index is 0. The number of benzene rings is 1. The Labute approximate surface area is 154 Å². The lowest BCUT2D eigenvalue weighted by molar-refractivity contribution is 0.318. The van der Waals surface area contributed by atoms with Gasteiger partial charge in [-0.25, -0.2) is 4.99 Å². The van der Waals surface area contributed by atoms with Crippen LogP contribution in [0.4, 0.5) is 5.69 Å². The molecule has 0 saturated heterocycles. The van der Waals surface area contributed by atoms with E-state index in [1.165, 1.54) is 11.1 Å². The molecule has 23 heavy (non-hydrogen) atoms. The third-order valence-electron chi connectivity index (χ3n) is 3.28. The first kappa shape index (κ1) is 19.4. The topological polar surface area (TPSA) is 89.3 Å². The Morgan fingerprint density at radius 2 is 1.96 bits per heavy atom. The SMILES string of the molecule is Cc1ccc(NC(N)=NCc2noc(C(C)(C)C)n2)cc1C.I. The summed E-state index contributed by atoms with van der Waals surface area (Å²) in [6.45, 7) is 10.5. The number of anilines is 1. The number of aliphatic imine (C=N–C) groups is 1. The lowest BCUT2D eigenvalue weighted by Gasteiger charge is -2.10. The molecule has 0 amide bonds. The zero-order valence-electron chi connectivity index (χ0n) is 14.2. The predicted molar refractivity (Wildman–Crippen MR) is 103 cm³/mol. The summed E-state index contributed by atoms with van der Waals surface area (Å²) >= 11 is 0. The molecule has 0 atom stereocenters. The van der Waals surface area contributed by atoms with E-state index in [1.54, 1.807) is 0 Å². The summed E-state index contributed by atoms with van der Waals surface area (Å²) < 4.78 is 5.22. The molecule has 0 radical (unpaired) electrons. The van der Waals surface area contributed by atoms with E-state index in [2.05, 4.69) is 34.3 Å². The minimum Gasteiger partial charge on any atom is -0.370 e. The smallest absolute Gasteiger partial charge is 0.232 e. The molecule has 0 aliphatic heterocycles. The van der Waals surface area contributed by atoms with Gasteiger partial charge in [0.1, 0.15) is 6.54 Å². The van der Waals surface area contributed by atoms with Crippen LogP contribution in [0.3, 0.4) is 0 Å². The summed E-state index contributed by atoms with van der Waals surface area (Å²) in [7, 11) is 0. The molecule has 7 heteroatoms. The van der Waals surface area contributed by atoms with Crippen LogP contribution in [0.1, 0.15) is 43.6 Å². The van der Waals surface area contributed by atoms with E-state index in [0.29, 0.717) is 17.7 Å². The van der Waals surface area contributed by atoms with Crippen molar-refractivity contribution in [2.45, 2.75) is 46.6 Å². The zero-order chi connectivity index (χ0) is 16.3. The first-order valence-electron chi connectivity index (χ1n) is 7.23. The zero-order valence-corrected chi connectivity index (χ0v) is 16.5. The quantitative estimate of drug-likeness (QED) is 0.443. The van der Waals surface area contributed by atoms with Gasteiger partial charge < -0.3 is 15.6 Å². The molecular formula is C16H24IN5O. The van der Waals surface area contributed by atoms with E-state index < -0.39 is 0 Å². The van der Waals surface area contributed by atoms with Gasteiger partial charge in [0, 0.05) is 11.1 Å². The lowest BCUT2D eigenvalue weighted by Crippen LogP contribution is -2.22. The number of nitrogens with two attached hydrogens (primary N) is 1. The van der Waals surface area contributed by atoms with Crippen LogP contribution in [0.5, 0.6) is 0 Å². The van der Waals surface area contributed by atoms with E-state index in [4.69, 9.17) is 10.3 Å². The van der Waals surface area contributed by atoms with Crippen LogP contribution in [0, 0.1) is 13.8 Å². The molecule has 1 aromatic heterocycles. The molecule has 0 aliphatic carbocycles. The largest absolute Gasteiger partial charge is 0.370 e. The Morgan fingerprint density at radius 3 is 2.52 bits per heavy atom. The lowest BCUT2D eigenvalue weighted by atomic mass is 9.97. The molecule has 0 saturated carbocycles. The summed E-state index contributed by atoms with van der Waals surface area (Å²) in [5, 5.41) is 6.97. The highest BCUT2D eigenvalue weighted by atomic mass is 127. The third-order valence-corrected chi connectivity index (χ3v) is 3.28. The maximum absolute atomic E-state index is 5.89. The molecule has 1 heterocycles. The Kier molecular flexibility index (Phi) is 6.55. The molecule has 0 spiro atoms. The number of nitrogens with zero attached hydrogens (tertiary/aromatic N) is 3. The monoisotopic (exact) mass is 429 g/mol. The second kappa shape index (κ2) is 7.76. The van der Waals surface area contributed by atoms with Gasteiger partial charge in [-0.3, -0.25) is 0 Å². The molecule has 0 aliphatic rings. The van der Waals surface area contributed by atoms with Crippen LogP contribution in [0.15, 0.2) is 27.7 Å². The van der Waals surface area contributed by atoms with Crippen molar-refractivity contribution in [1.82, 2.24) is 10.1 Å². The van der Waals surface area contributed by atoms with Crippen molar-refractivity contribution in [3.05, 3.63) is 41.0 Å². The van der Waals surface area contributed by atoms with Crippen LogP contribution in [-0.4, -0.2) is 16.1 Å². The number of nitrogens with one attached hydrogen (secondary N) is 1. The molecule has 6 nitrogen and oxygen atoms in total. The number of aromatic nitrogens is 2. The van der Waals surface area contributed by atoms with Gasteiger partial charge >= 0.3 is 0 Å². The molecule has 126 valence electrons. The number of halogens is 1. The predicted octanol–water partition coefficient (Wildman–Crippen LogP) is 3.53. The van der Waals surface area contributed by atoms with Gasteiger partial charge in [0.15, 0.2) is 11.8 Å². The van der Waals surface area contributed by atoms with Crippen LogP contribution in [0.2, 0.25) is 0 Å². The maximum atomic E-state index is 5.89. The standard InChI is InChI=1S/C16H23N5O.HI/c1-10-6-7-12(8-11(10)2)19-15(17)18-9-13-20-14(22-21-13)16(3,4)5;/h6-8H,9H2,1-5H3,(H3,17,18,19);1H. The van der Waals surface area contributed by atoms with Gasteiger partial charge in [-0.2, -0.15) is 4.98 Å². The number of hydrogen-bond donors (Lipinski definition) is 2. The number of hydrogen-bond acceptors (Lipinski definition) is 4. The fraction of sp³-hybridized carbons (Fsp3) is 0.438. The fourth-order valence-electron chi connectivity index (χ4n) is 1.79. The van der Waals surface area contributed by atoms with Crippen LogP contribution in [0.25, 0.3) is 0 Å². The van der Waals surface area contributed by atoms with Crippen LogP contribution >= 0.6 is 24.0 Å². The highest BCUT2D eigenvalue weighted by Crippen LogP contribution is 2.19. The van der Waals surface area contributed by atoms with Crippen molar-refractivity contribution in [1.29, 1.82) is 0 Å². The Balaban J connectivity index is 0.00000264. The molecular weight excluding hydrogens is 405 g/mol. The number of rotatable bonds is 3. The highest BCUT2D eigenvalue weighted by Gasteiger charge is 2.21. The molecule has 0 bridgehead atoms. The summed E-state index contributed by atoms with van der Waals surface area (Å²) in [5.41, 5.74) is 9.07. The molecule has 2 aromatic rings. The fourth-order valence-corrected chi connectivity index (χ4v) is 1.79. The number of aryl methyl sites for hydroxylation is 2. The van der Waals surface area contributed by atoms with Crippen molar-refractivity contribution < 1.29 is 4.52 Å². The van der Waals surface area contributed by atoms with Crippen LogP contribution in [-0.2, 0) is 12.0 Å². The van der Waals surface area contributed by atoms with Crippen LogP contribution < -0.4 is 11.1 Å². The van der Waals surface area contributed by atoms with Gasteiger partial charge in [0.05, 0.1) is 0 Å². The van der Waals surface area contributed by atoms with E-state index in [1.807, 2.05) is 39.0 Å². The Hall–Kier alpha value is -1.64. The Bertz CT molecular complexity index is 688. The van der Waals surface area contributed by atoms with Crippen molar-refractivity contribution in [2.24, 2.45) is 10.7 Å². The second-order valence-electron chi connectivity index (χ2n) is 6.39. The first-order valence-corrected chi connectivity index (χ1v) is 7.23. The molecule has 0 fully saturated rings. The van der Waals surface area contributed by atoms with E-state index >= 15 is 0 Å². The Morgan fingerprint density at radius 1 is 1.26 bits per heavy atom. The van der Waals surface area contributed by atoms with E-state index in [0.717, 1.165) is 5.69 Å². The molecule has 2 rings (SSSR count). The minimum atomic E-state index is -0.168. The third kappa shape index (κ3) is 5.49. The average molecular weight is 429 g/mol. The van der Waals surface area contributed by atoms with E-state index in [9.17, 15) is 0 Å². The van der Waals surface area contributed by atoms with Gasteiger partial charge in [0.25, 0.3) is 0 Å². The first-order chi connectivity index (χ1) is 10.3. The van der Waals surface area contributed by atoms with E-state index in [-0.39, 0.29) is 35.9 Å². The summed E-state index contributed by atoms with van der Waals surface area (Å²) in [5.74, 6) is 1.44.